The summed E-state index contributed by atoms with van der Waals surface area (Å²) in [5.41, 5.74) is 0.960. The van der Waals surface area contributed by atoms with Gasteiger partial charge in [-0.2, -0.15) is 0 Å². The van der Waals surface area contributed by atoms with E-state index in [2.05, 4.69) is 4.98 Å². The summed E-state index contributed by atoms with van der Waals surface area (Å²) in [7, 11) is 1.84. The molecule has 0 saturated carbocycles. The largest absolute Gasteiger partial charge is 0.320 e. The van der Waals surface area contributed by atoms with Gasteiger partial charge in [-0.3, -0.25) is 4.98 Å². The SMILES string of the molecule is CC(C)N1CC(c2ccccn2)N(C)C1=O. The summed E-state index contributed by atoms with van der Waals surface area (Å²) >= 11 is 0. The third-order valence-corrected chi connectivity index (χ3v) is 3.04. The van der Waals surface area contributed by atoms with Crippen molar-refractivity contribution in [3.05, 3.63) is 30.1 Å². The quantitative estimate of drug-likeness (QED) is 0.761. The Morgan fingerprint density at radius 2 is 2.19 bits per heavy atom. The molecular formula is C12H17N3O. The van der Waals surface area contributed by atoms with Gasteiger partial charge in [-0.05, 0) is 26.0 Å². The number of nitrogens with zero attached hydrogens (tertiary/aromatic N) is 3. The van der Waals surface area contributed by atoms with E-state index < -0.39 is 0 Å². The van der Waals surface area contributed by atoms with Crippen LogP contribution in [0.5, 0.6) is 0 Å². The number of amides is 2. The van der Waals surface area contributed by atoms with Crippen molar-refractivity contribution >= 4 is 6.03 Å². The standard InChI is InChI=1S/C12H17N3O/c1-9(2)15-8-11(14(3)12(15)16)10-6-4-5-7-13-10/h4-7,9,11H,8H2,1-3H3. The van der Waals surface area contributed by atoms with E-state index in [1.807, 2.05) is 44.0 Å². The Balaban J connectivity index is 2.23. The minimum Gasteiger partial charge on any atom is -0.320 e. The summed E-state index contributed by atoms with van der Waals surface area (Å²) in [5.74, 6) is 0. The van der Waals surface area contributed by atoms with Crippen LogP contribution < -0.4 is 0 Å². The molecule has 0 spiro atoms. The first kappa shape index (κ1) is 10.9. The Morgan fingerprint density at radius 1 is 1.44 bits per heavy atom. The highest BCUT2D eigenvalue weighted by Crippen LogP contribution is 2.27. The molecule has 16 heavy (non-hydrogen) atoms. The zero-order chi connectivity index (χ0) is 11.7. The third-order valence-electron chi connectivity index (χ3n) is 3.04. The maximum Gasteiger partial charge on any atom is 0.320 e. The third kappa shape index (κ3) is 1.75. The van der Waals surface area contributed by atoms with Gasteiger partial charge in [0.25, 0.3) is 0 Å². The minimum absolute atomic E-state index is 0.0797. The zero-order valence-corrected chi connectivity index (χ0v) is 9.92. The second-order valence-corrected chi connectivity index (χ2v) is 4.41. The van der Waals surface area contributed by atoms with E-state index in [1.54, 1.807) is 11.1 Å². The van der Waals surface area contributed by atoms with Crippen molar-refractivity contribution in [2.24, 2.45) is 0 Å². The normalized spacial score (nSPS) is 21.0. The number of urea groups is 1. The summed E-state index contributed by atoms with van der Waals surface area (Å²) < 4.78 is 0. The molecule has 1 aliphatic rings. The first-order chi connectivity index (χ1) is 7.61. The average molecular weight is 219 g/mol. The lowest BCUT2D eigenvalue weighted by molar-refractivity contribution is 0.187. The molecular weight excluding hydrogens is 202 g/mol. The summed E-state index contributed by atoms with van der Waals surface area (Å²) in [6, 6.07) is 6.22. The molecule has 0 N–H and O–H groups in total. The van der Waals surface area contributed by atoms with Crippen LogP contribution in [0.15, 0.2) is 24.4 Å². The molecule has 1 fully saturated rings. The zero-order valence-electron chi connectivity index (χ0n) is 9.92. The molecule has 2 heterocycles. The lowest BCUT2D eigenvalue weighted by Crippen LogP contribution is -2.34. The number of pyridine rings is 1. The van der Waals surface area contributed by atoms with Crippen molar-refractivity contribution in [2.75, 3.05) is 13.6 Å². The monoisotopic (exact) mass is 219 g/mol. The number of rotatable bonds is 2. The molecule has 86 valence electrons. The molecule has 0 radical (unpaired) electrons. The lowest BCUT2D eigenvalue weighted by Gasteiger charge is -2.19. The maximum absolute atomic E-state index is 12.0. The minimum atomic E-state index is 0.0797. The van der Waals surface area contributed by atoms with Crippen LogP contribution in [0.2, 0.25) is 0 Å². The van der Waals surface area contributed by atoms with Gasteiger partial charge >= 0.3 is 6.03 Å². The van der Waals surface area contributed by atoms with Crippen LogP contribution in [0.4, 0.5) is 4.79 Å². The molecule has 0 bridgehead atoms. The van der Waals surface area contributed by atoms with Gasteiger partial charge in [0.2, 0.25) is 0 Å². The van der Waals surface area contributed by atoms with Gasteiger partial charge in [-0.15, -0.1) is 0 Å². The van der Waals surface area contributed by atoms with Crippen LogP contribution in [0, 0.1) is 0 Å². The Hall–Kier alpha value is -1.58. The predicted octanol–water partition coefficient (Wildman–Crippen LogP) is 1.90. The Morgan fingerprint density at radius 3 is 2.69 bits per heavy atom. The number of carbonyl (C=O) groups is 1. The van der Waals surface area contributed by atoms with Crippen LogP contribution in [-0.4, -0.2) is 40.4 Å². The van der Waals surface area contributed by atoms with Crippen molar-refractivity contribution in [2.45, 2.75) is 25.9 Å². The number of hydrogen-bond acceptors (Lipinski definition) is 2. The highest BCUT2D eigenvalue weighted by molar-refractivity contribution is 5.77. The smallest absolute Gasteiger partial charge is 0.320 e. The Bertz CT molecular complexity index is 377. The van der Waals surface area contributed by atoms with Crippen molar-refractivity contribution in [3.8, 4) is 0 Å². The van der Waals surface area contributed by atoms with Crippen LogP contribution >= 0.6 is 0 Å². The van der Waals surface area contributed by atoms with E-state index in [9.17, 15) is 4.79 Å². The van der Waals surface area contributed by atoms with E-state index in [0.29, 0.717) is 0 Å². The molecule has 2 amide bonds. The molecule has 4 heteroatoms. The van der Waals surface area contributed by atoms with Gasteiger partial charge < -0.3 is 9.80 Å². The van der Waals surface area contributed by atoms with Crippen molar-refractivity contribution in [1.29, 1.82) is 0 Å². The fraction of sp³-hybridized carbons (Fsp3) is 0.500. The number of hydrogen-bond donors (Lipinski definition) is 0. The van der Waals surface area contributed by atoms with Gasteiger partial charge in [-0.1, -0.05) is 6.07 Å². The van der Waals surface area contributed by atoms with Crippen molar-refractivity contribution in [1.82, 2.24) is 14.8 Å². The number of likely N-dealkylation sites (N-methyl/N-ethyl adjacent to an activating group) is 1. The van der Waals surface area contributed by atoms with Gasteiger partial charge in [0.15, 0.2) is 0 Å². The molecule has 0 aliphatic carbocycles. The van der Waals surface area contributed by atoms with Gasteiger partial charge in [0.1, 0.15) is 0 Å². The average Bonchev–Trinajstić information content (AvgIpc) is 2.58. The maximum atomic E-state index is 12.0. The van der Waals surface area contributed by atoms with E-state index in [0.717, 1.165) is 12.2 Å². The molecule has 1 unspecified atom stereocenters. The van der Waals surface area contributed by atoms with Gasteiger partial charge in [-0.25, -0.2) is 4.79 Å². The van der Waals surface area contributed by atoms with Crippen molar-refractivity contribution < 1.29 is 4.79 Å². The van der Waals surface area contributed by atoms with E-state index in [4.69, 9.17) is 0 Å². The number of aromatic nitrogens is 1. The highest BCUT2D eigenvalue weighted by Gasteiger charge is 2.37. The fourth-order valence-electron chi connectivity index (χ4n) is 2.02. The molecule has 1 aliphatic heterocycles. The predicted molar refractivity (Wildman–Crippen MR) is 62.0 cm³/mol. The Labute approximate surface area is 95.9 Å². The fourth-order valence-corrected chi connectivity index (χ4v) is 2.02. The van der Waals surface area contributed by atoms with Crippen LogP contribution in [0.1, 0.15) is 25.6 Å². The highest BCUT2D eigenvalue weighted by atomic mass is 16.2. The van der Waals surface area contributed by atoms with Crippen LogP contribution in [-0.2, 0) is 0 Å². The topological polar surface area (TPSA) is 36.4 Å². The molecule has 1 aromatic heterocycles. The van der Waals surface area contributed by atoms with Crippen LogP contribution in [0.3, 0.4) is 0 Å². The molecule has 2 rings (SSSR count). The second-order valence-electron chi connectivity index (χ2n) is 4.41. The van der Waals surface area contributed by atoms with Gasteiger partial charge in [0.05, 0.1) is 11.7 Å². The summed E-state index contributed by atoms with van der Waals surface area (Å²) in [6.07, 6.45) is 1.77. The van der Waals surface area contributed by atoms with E-state index in [-0.39, 0.29) is 18.1 Å². The second kappa shape index (κ2) is 4.12. The van der Waals surface area contributed by atoms with E-state index in [1.165, 1.54) is 0 Å². The first-order valence-corrected chi connectivity index (χ1v) is 5.55. The molecule has 4 nitrogen and oxygen atoms in total. The number of carbonyl (C=O) groups excluding carboxylic acids is 1. The van der Waals surface area contributed by atoms with Gasteiger partial charge in [0, 0.05) is 25.8 Å². The first-order valence-electron chi connectivity index (χ1n) is 5.55. The summed E-state index contributed by atoms with van der Waals surface area (Å²) in [5, 5.41) is 0. The molecule has 1 atom stereocenters. The van der Waals surface area contributed by atoms with E-state index >= 15 is 0 Å². The molecule has 1 saturated heterocycles. The Kier molecular flexibility index (Phi) is 2.81. The van der Waals surface area contributed by atoms with Crippen LogP contribution in [0.25, 0.3) is 0 Å². The molecule has 1 aromatic rings. The molecule has 0 aromatic carbocycles. The summed E-state index contributed by atoms with van der Waals surface area (Å²) in [4.78, 5) is 19.9. The summed E-state index contributed by atoms with van der Waals surface area (Å²) in [6.45, 7) is 4.79. The van der Waals surface area contributed by atoms with Crippen molar-refractivity contribution in [3.63, 3.8) is 0 Å². The lowest BCUT2D eigenvalue weighted by atomic mass is 10.2.